The highest BCUT2D eigenvalue weighted by Crippen LogP contribution is 2.28. The summed E-state index contributed by atoms with van der Waals surface area (Å²) >= 11 is 5.99. The fourth-order valence-corrected chi connectivity index (χ4v) is 3.45. The molecule has 0 fully saturated rings. The lowest BCUT2D eigenvalue weighted by molar-refractivity contribution is 0.448. The third kappa shape index (κ3) is 3.07. The van der Waals surface area contributed by atoms with Crippen molar-refractivity contribution in [3.05, 3.63) is 70.6 Å². The fourth-order valence-electron chi connectivity index (χ4n) is 3.30. The first-order chi connectivity index (χ1) is 11.3. The van der Waals surface area contributed by atoms with Crippen LogP contribution in [0.2, 0.25) is 5.15 Å². The minimum Gasteiger partial charge on any atom is -0.305 e. The van der Waals surface area contributed by atoms with Crippen molar-refractivity contribution >= 4 is 22.5 Å². The first kappa shape index (κ1) is 14.6. The molecule has 0 bridgehead atoms. The number of halogens is 1. The zero-order valence-electron chi connectivity index (χ0n) is 12.8. The summed E-state index contributed by atoms with van der Waals surface area (Å²) in [6.45, 7) is 0.810. The zero-order chi connectivity index (χ0) is 15.6. The van der Waals surface area contributed by atoms with Crippen LogP contribution in [0.4, 0.5) is 0 Å². The summed E-state index contributed by atoms with van der Waals surface area (Å²) in [6, 6.07) is 14.7. The number of benzene rings is 1. The van der Waals surface area contributed by atoms with Crippen LogP contribution in [0, 0.1) is 0 Å². The van der Waals surface area contributed by atoms with Crippen molar-refractivity contribution < 1.29 is 0 Å². The van der Waals surface area contributed by atoms with Crippen LogP contribution in [-0.2, 0) is 13.0 Å². The second kappa shape index (κ2) is 6.26. The maximum absolute atomic E-state index is 5.99. The van der Waals surface area contributed by atoms with Crippen molar-refractivity contribution in [2.45, 2.75) is 31.8 Å². The summed E-state index contributed by atoms with van der Waals surface area (Å²) in [5.41, 5.74) is 4.75. The fraction of sp³-hybridized carbons (Fsp3) is 0.263. The van der Waals surface area contributed by atoms with E-state index in [1.165, 1.54) is 23.2 Å². The molecule has 1 unspecified atom stereocenters. The summed E-state index contributed by atoms with van der Waals surface area (Å²) in [5.74, 6) is 0. The molecule has 0 radical (unpaired) electrons. The predicted molar refractivity (Wildman–Crippen MR) is 93.5 cm³/mol. The SMILES string of the molecule is Clc1ccc2ccc(CNC3CCCc4cccnc43)cc2n1. The predicted octanol–water partition coefficient (Wildman–Crippen LogP) is 4.45. The second-order valence-electron chi connectivity index (χ2n) is 6.03. The largest absolute Gasteiger partial charge is 0.305 e. The molecule has 1 aliphatic carbocycles. The molecule has 3 nitrogen and oxygen atoms in total. The van der Waals surface area contributed by atoms with Crippen molar-refractivity contribution in [2.75, 3.05) is 0 Å². The molecule has 1 N–H and O–H groups in total. The minimum atomic E-state index is 0.336. The maximum Gasteiger partial charge on any atom is 0.129 e. The van der Waals surface area contributed by atoms with Gasteiger partial charge in [0.15, 0.2) is 0 Å². The molecule has 1 aliphatic rings. The molecular formula is C19H18ClN3. The molecule has 3 aromatic rings. The number of hydrogen-bond donors (Lipinski definition) is 1. The number of rotatable bonds is 3. The quantitative estimate of drug-likeness (QED) is 0.724. The number of aryl methyl sites for hydroxylation is 1. The maximum atomic E-state index is 5.99. The number of nitrogens with one attached hydrogen (secondary N) is 1. The molecule has 0 aliphatic heterocycles. The molecular weight excluding hydrogens is 306 g/mol. The Kier molecular flexibility index (Phi) is 3.98. The van der Waals surface area contributed by atoms with E-state index in [0.29, 0.717) is 11.2 Å². The van der Waals surface area contributed by atoms with Crippen LogP contribution >= 0.6 is 11.6 Å². The monoisotopic (exact) mass is 323 g/mol. The number of nitrogens with zero attached hydrogens (tertiary/aromatic N) is 2. The van der Waals surface area contributed by atoms with Crippen LogP contribution < -0.4 is 5.32 Å². The summed E-state index contributed by atoms with van der Waals surface area (Å²) in [4.78, 5) is 8.97. The Morgan fingerprint density at radius 3 is 3.04 bits per heavy atom. The lowest BCUT2D eigenvalue weighted by atomic mass is 9.92. The molecule has 2 aromatic heterocycles. The van der Waals surface area contributed by atoms with E-state index >= 15 is 0 Å². The minimum absolute atomic E-state index is 0.336. The second-order valence-corrected chi connectivity index (χ2v) is 6.42. The highest BCUT2D eigenvalue weighted by molar-refractivity contribution is 6.29. The number of hydrogen-bond acceptors (Lipinski definition) is 3. The molecule has 0 spiro atoms. The van der Waals surface area contributed by atoms with Gasteiger partial charge in [-0.05, 0) is 54.7 Å². The summed E-state index contributed by atoms with van der Waals surface area (Å²) in [6.07, 6.45) is 5.38. The Hall–Kier alpha value is -1.97. The molecule has 0 amide bonds. The Morgan fingerprint density at radius 2 is 2.09 bits per heavy atom. The first-order valence-corrected chi connectivity index (χ1v) is 8.40. The van der Waals surface area contributed by atoms with Gasteiger partial charge in [0, 0.05) is 18.1 Å². The van der Waals surface area contributed by atoms with Gasteiger partial charge in [-0.2, -0.15) is 0 Å². The Labute approximate surface area is 140 Å². The van der Waals surface area contributed by atoms with Gasteiger partial charge in [0.05, 0.1) is 17.3 Å². The zero-order valence-corrected chi connectivity index (χ0v) is 13.6. The average molecular weight is 324 g/mol. The smallest absolute Gasteiger partial charge is 0.129 e. The van der Waals surface area contributed by atoms with Gasteiger partial charge in [-0.1, -0.05) is 29.8 Å². The Bertz CT molecular complexity index is 847. The normalized spacial score (nSPS) is 17.2. The standard InChI is InChI=1S/C19H18ClN3/c20-18-9-8-14-7-6-13(11-17(14)23-18)12-22-16-5-1-3-15-4-2-10-21-19(15)16/h2,4,6-11,16,22H,1,3,5,12H2. The van der Waals surface area contributed by atoms with Crippen LogP contribution in [0.5, 0.6) is 0 Å². The van der Waals surface area contributed by atoms with Crippen LogP contribution in [-0.4, -0.2) is 9.97 Å². The lowest BCUT2D eigenvalue weighted by Crippen LogP contribution is -2.25. The molecule has 1 atom stereocenters. The van der Waals surface area contributed by atoms with Gasteiger partial charge < -0.3 is 5.32 Å². The van der Waals surface area contributed by atoms with E-state index in [0.717, 1.165) is 30.3 Å². The van der Waals surface area contributed by atoms with E-state index in [4.69, 9.17) is 11.6 Å². The molecule has 0 saturated carbocycles. The molecule has 23 heavy (non-hydrogen) atoms. The van der Waals surface area contributed by atoms with Crippen molar-refractivity contribution in [2.24, 2.45) is 0 Å². The van der Waals surface area contributed by atoms with Crippen LogP contribution in [0.25, 0.3) is 10.9 Å². The molecule has 4 heteroatoms. The van der Waals surface area contributed by atoms with E-state index < -0.39 is 0 Å². The third-order valence-corrected chi connectivity index (χ3v) is 4.68. The van der Waals surface area contributed by atoms with E-state index in [1.807, 2.05) is 24.4 Å². The van der Waals surface area contributed by atoms with Gasteiger partial charge in [0.25, 0.3) is 0 Å². The van der Waals surface area contributed by atoms with Gasteiger partial charge in [-0.25, -0.2) is 4.98 Å². The number of pyridine rings is 2. The molecule has 2 heterocycles. The van der Waals surface area contributed by atoms with E-state index in [2.05, 4.69) is 39.6 Å². The average Bonchev–Trinajstić information content (AvgIpc) is 2.59. The molecule has 1 aromatic carbocycles. The summed E-state index contributed by atoms with van der Waals surface area (Å²) < 4.78 is 0. The first-order valence-electron chi connectivity index (χ1n) is 8.02. The lowest BCUT2D eigenvalue weighted by Gasteiger charge is -2.25. The summed E-state index contributed by atoms with van der Waals surface area (Å²) in [5, 5.41) is 5.30. The highest BCUT2D eigenvalue weighted by atomic mass is 35.5. The van der Waals surface area contributed by atoms with E-state index in [9.17, 15) is 0 Å². The Morgan fingerprint density at radius 1 is 1.17 bits per heavy atom. The molecule has 116 valence electrons. The molecule has 4 rings (SSSR count). The topological polar surface area (TPSA) is 37.8 Å². The van der Waals surface area contributed by atoms with Crippen molar-refractivity contribution in [3.8, 4) is 0 Å². The van der Waals surface area contributed by atoms with Gasteiger partial charge in [0.2, 0.25) is 0 Å². The van der Waals surface area contributed by atoms with Crippen molar-refractivity contribution in [3.63, 3.8) is 0 Å². The van der Waals surface area contributed by atoms with Crippen LogP contribution in [0.15, 0.2) is 48.7 Å². The number of fused-ring (bicyclic) bond motifs is 2. The number of aromatic nitrogens is 2. The van der Waals surface area contributed by atoms with Gasteiger partial charge in [0.1, 0.15) is 5.15 Å². The van der Waals surface area contributed by atoms with Gasteiger partial charge in [-0.15, -0.1) is 0 Å². The third-order valence-electron chi connectivity index (χ3n) is 4.47. The Balaban J connectivity index is 1.53. The van der Waals surface area contributed by atoms with Crippen LogP contribution in [0.1, 0.15) is 35.7 Å². The van der Waals surface area contributed by atoms with Crippen molar-refractivity contribution in [1.29, 1.82) is 0 Å². The van der Waals surface area contributed by atoms with E-state index in [1.54, 1.807) is 0 Å². The molecule has 0 saturated heterocycles. The van der Waals surface area contributed by atoms with Gasteiger partial charge >= 0.3 is 0 Å². The van der Waals surface area contributed by atoms with Gasteiger partial charge in [-0.3, -0.25) is 4.98 Å². The van der Waals surface area contributed by atoms with E-state index in [-0.39, 0.29) is 0 Å². The van der Waals surface area contributed by atoms with Crippen LogP contribution in [0.3, 0.4) is 0 Å². The summed E-state index contributed by atoms with van der Waals surface area (Å²) in [7, 11) is 0. The van der Waals surface area contributed by atoms with Crippen molar-refractivity contribution in [1.82, 2.24) is 15.3 Å². The highest BCUT2D eigenvalue weighted by Gasteiger charge is 2.20.